The minimum absolute atomic E-state index is 0.142. The Balaban J connectivity index is 2.13. The number of sulfonamides is 1. The molecule has 0 aliphatic rings. The molecule has 1 N–H and O–H groups in total. The van der Waals surface area contributed by atoms with Crippen LogP contribution in [0.15, 0.2) is 59.5 Å². The molecular weight excluding hydrogens is 491 g/mol. The summed E-state index contributed by atoms with van der Waals surface area (Å²) >= 11 is 2.15. The van der Waals surface area contributed by atoms with E-state index in [9.17, 15) is 13.2 Å². The van der Waals surface area contributed by atoms with Gasteiger partial charge in [0.25, 0.3) is 10.0 Å². The maximum atomic E-state index is 13.1. The van der Waals surface area contributed by atoms with Gasteiger partial charge in [0.1, 0.15) is 6.54 Å². The molecule has 152 valence electrons. The van der Waals surface area contributed by atoms with Gasteiger partial charge in [0.2, 0.25) is 5.91 Å². The van der Waals surface area contributed by atoms with Gasteiger partial charge in [-0.15, -0.1) is 0 Å². The summed E-state index contributed by atoms with van der Waals surface area (Å²) in [4.78, 5) is 12.6. The molecule has 28 heavy (non-hydrogen) atoms. The predicted octanol–water partition coefficient (Wildman–Crippen LogP) is 3.42. The predicted molar refractivity (Wildman–Crippen MR) is 119 cm³/mol. The molecule has 0 radical (unpaired) electrons. The highest BCUT2D eigenvalue weighted by atomic mass is 127. The van der Waals surface area contributed by atoms with Gasteiger partial charge >= 0.3 is 0 Å². The Bertz CT molecular complexity index is 856. The van der Waals surface area contributed by atoms with Crippen LogP contribution in [-0.4, -0.2) is 40.1 Å². The number of carbonyl (C=O) groups is 1. The minimum atomic E-state index is -3.86. The number of halogens is 1. The van der Waals surface area contributed by atoms with E-state index in [0.29, 0.717) is 25.3 Å². The fraction of sp³-hybridized carbons (Fsp3) is 0.350. The highest BCUT2D eigenvalue weighted by Crippen LogP contribution is 2.24. The first-order valence-electron chi connectivity index (χ1n) is 9.02. The summed E-state index contributed by atoms with van der Waals surface area (Å²) in [5, 5.41) is 2.77. The zero-order valence-electron chi connectivity index (χ0n) is 16.0. The SMILES string of the molecule is CC(C)OCCCNC(=O)CN(c1ccc(I)cc1)S(=O)(=O)c1ccccc1. The monoisotopic (exact) mass is 516 g/mol. The Kier molecular flexibility index (Phi) is 8.71. The van der Waals surface area contributed by atoms with Gasteiger partial charge < -0.3 is 10.1 Å². The van der Waals surface area contributed by atoms with Crippen molar-refractivity contribution in [1.82, 2.24) is 5.32 Å². The van der Waals surface area contributed by atoms with Gasteiger partial charge in [-0.3, -0.25) is 9.10 Å². The lowest BCUT2D eigenvalue weighted by Crippen LogP contribution is -2.41. The van der Waals surface area contributed by atoms with E-state index in [1.165, 1.54) is 12.1 Å². The van der Waals surface area contributed by atoms with E-state index in [0.717, 1.165) is 7.88 Å². The lowest BCUT2D eigenvalue weighted by atomic mass is 10.3. The van der Waals surface area contributed by atoms with Gasteiger partial charge in [-0.05, 0) is 79.3 Å². The third-order valence-electron chi connectivity index (χ3n) is 3.83. The summed E-state index contributed by atoms with van der Waals surface area (Å²) in [7, 11) is -3.86. The van der Waals surface area contributed by atoms with Gasteiger partial charge in [0.15, 0.2) is 0 Å². The van der Waals surface area contributed by atoms with Crippen LogP contribution in [-0.2, 0) is 19.6 Å². The van der Waals surface area contributed by atoms with Crippen molar-refractivity contribution < 1.29 is 17.9 Å². The fourth-order valence-electron chi connectivity index (χ4n) is 2.45. The lowest BCUT2D eigenvalue weighted by molar-refractivity contribution is -0.119. The Labute approximate surface area is 180 Å². The molecule has 0 heterocycles. The van der Waals surface area contributed by atoms with Gasteiger partial charge in [-0.2, -0.15) is 0 Å². The number of nitrogens with one attached hydrogen (secondary N) is 1. The molecule has 0 aliphatic heterocycles. The Morgan fingerprint density at radius 3 is 2.36 bits per heavy atom. The number of rotatable bonds is 10. The van der Waals surface area contributed by atoms with E-state index in [2.05, 4.69) is 27.9 Å². The van der Waals surface area contributed by atoms with E-state index in [-0.39, 0.29) is 23.5 Å². The first-order valence-corrected chi connectivity index (χ1v) is 11.5. The Hall–Kier alpha value is -1.65. The van der Waals surface area contributed by atoms with E-state index in [1.54, 1.807) is 30.3 Å². The van der Waals surface area contributed by atoms with Crippen molar-refractivity contribution in [3.05, 3.63) is 58.2 Å². The van der Waals surface area contributed by atoms with Gasteiger partial charge in [0, 0.05) is 16.7 Å². The highest BCUT2D eigenvalue weighted by Gasteiger charge is 2.26. The smallest absolute Gasteiger partial charge is 0.264 e. The molecular formula is C20H25IN2O4S. The Morgan fingerprint density at radius 2 is 1.75 bits per heavy atom. The van der Waals surface area contributed by atoms with Crippen LogP contribution in [0.4, 0.5) is 5.69 Å². The number of benzene rings is 2. The van der Waals surface area contributed by atoms with Crippen molar-refractivity contribution in [3.8, 4) is 0 Å². The van der Waals surface area contributed by atoms with E-state index < -0.39 is 10.0 Å². The van der Waals surface area contributed by atoms with Crippen molar-refractivity contribution in [3.63, 3.8) is 0 Å². The summed E-state index contributed by atoms with van der Waals surface area (Å²) in [5.74, 6) is -0.359. The highest BCUT2D eigenvalue weighted by molar-refractivity contribution is 14.1. The lowest BCUT2D eigenvalue weighted by Gasteiger charge is -2.24. The summed E-state index contributed by atoms with van der Waals surface area (Å²) in [6.45, 7) is 4.58. The summed E-state index contributed by atoms with van der Waals surface area (Å²) in [6, 6.07) is 15.1. The number of carbonyl (C=O) groups excluding carboxylic acids is 1. The van der Waals surface area contributed by atoms with Crippen LogP contribution < -0.4 is 9.62 Å². The summed E-state index contributed by atoms with van der Waals surface area (Å²) in [5.41, 5.74) is 0.447. The molecule has 1 amide bonds. The zero-order chi connectivity index (χ0) is 20.6. The second-order valence-electron chi connectivity index (χ2n) is 6.42. The third kappa shape index (κ3) is 6.75. The minimum Gasteiger partial charge on any atom is -0.379 e. The fourth-order valence-corrected chi connectivity index (χ4v) is 4.25. The average molecular weight is 516 g/mol. The molecule has 2 aromatic rings. The van der Waals surface area contributed by atoms with Crippen molar-refractivity contribution in [2.45, 2.75) is 31.3 Å². The normalized spacial score (nSPS) is 11.4. The Morgan fingerprint density at radius 1 is 1.11 bits per heavy atom. The molecule has 2 aromatic carbocycles. The van der Waals surface area contributed by atoms with Gasteiger partial charge in [-0.25, -0.2) is 8.42 Å². The largest absolute Gasteiger partial charge is 0.379 e. The van der Waals surface area contributed by atoms with E-state index in [4.69, 9.17) is 4.74 Å². The van der Waals surface area contributed by atoms with E-state index in [1.807, 2.05) is 26.0 Å². The summed E-state index contributed by atoms with van der Waals surface area (Å²) < 4.78 is 33.8. The number of ether oxygens (including phenoxy) is 1. The van der Waals surface area contributed by atoms with Crippen LogP contribution in [0, 0.1) is 3.57 Å². The van der Waals surface area contributed by atoms with Gasteiger partial charge in [-0.1, -0.05) is 18.2 Å². The topological polar surface area (TPSA) is 75.7 Å². The molecule has 0 saturated heterocycles. The zero-order valence-corrected chi connectivity index (χ0v) is 18.9. The molecule has 0 bridgehead atoms. The second-order valence-corrected chi connectivity index (χ2v) is 9.53. The van der Waals surface area contributed by atoms with Crippen LogP contribution in [0.3, 0.4) is 0 Å². The number of amides is 1. The number of hydrogen-bond acceptors (Lipinski definition) is 4. The molecule has 0 saturated carbocycles. The van der Waals surface area contributed by atoms with Crippen molar-refractivity contribution in [2.24, 2.45) is 0 Å². The maximum absolute atomic E-state index is 13.1. The molecule has 0 aromatic heterocycles. The molecule has 0 unspecified atom stereocenters. The van der Waals surface area contributed by atoms with Crippen LogP contribution in [0.5, 0.6) is 0 Å². The quantitative estimate of drug-likeness (QED) is 0.388. The molecule has 0 spiro atoms. The van der Waals surface area contributed by atoms with Gasteiger partial charge in [0.05, 0.1) is 16.7 Å². The molecule has 2 rings (SSSR count). The van der Waals surface area contributed by atoms with Crippen LogP contribution >= 0.6 is 22.6 Å². The standard InChI is InChI=1S/C20H25IN2O4S/c1-16(2)27-14-6-13-22-20(24)15-23(18-11-9-17(21)10-12-18)28(25,26)19-7-4-3-5-8-19/h3-5,7-12,16H,6,13-15H2,1-2H3,(H,22,24). The first kappa shape index (κ1) is 22.6. The maximum Gasteiger partial charge on any atom is 0.264 e. The molecule has 0 fully saturated rings. The number of hydrogen-bond donors (Lipinski definition) is 1. The molecule has 0 aliphatic carbocycles. The molecule has 0 atom stereocenters. The molecule has 8 heteroatoms. The van der Waals surface area contributed by atoms with E-state index >= 15 is 0 Å². The van der Waals surface area contributed by atoms with Crippen molar-refractivity contribution in [2.75, 3.05) is 24.0 Å². The van der Waals surface area contributed by atoms with Crippen LogP contribution in [0.2, 0.25) is 0 Å². The summed E-state index contributed by atoms with van der Waals surface area (Å²) in [6.07, 6.45) is 0.807. The first-order chi connectivity index (χ1) is 13.3. The number of anilines is 1. The molecule has 6 nitrogen and oxygen atoms in total. The van der Waals surface area contributed by atoms with Crippen LogP contribution in [0.1, 0.15) is 20.3 Å². The average Bonchev–Trinajstić information content (AvgIpc) is 2.67. The van der Waals surface area contributed by atoms with Crippen molar-refractivity contribution >= 4 is 44.2 Å². The third-order valence-corrected chi connectivity index (χ3v) is 6.33. The number of nitrogens with zero attached hydrogens (tertiary/aromatic N) is 1. The van der Waals surface area contributed by atoms with Crippen LogP contribution in [0.25, 0.3) is 0 Å². The van der Waals surface area contributed by atoms with Crippen molar-refractivity contribution in [1.29, 1.82) is 0 Å². The second kappa shape index (κ2) is 10.8.